The molecule has 1 N–H and O–H groups in total. The maximum atomic E-state index is 6.01. The van der Waals surface area contributed by atoms with Crippen molar-refractivity contribution in [3.05, 3.63) is 69.2 Å². The minimum atomic E-state index is 0.0718. The number of tetrazole rings is 1. The average molecular weight is 391 g/mol. The first-order chi connectivity index (χ1) is 11.2. The molecular weight excluding hydrogens is 378 g/mol. The molecule has 0 radical (unpaired) electrons. The van der Waals surface area contributed by atoms with Crippen LogP contribution in [0.1, 0.15) is 29.6 Å². The van der Waals surface area contributed by atoms with E-state index in [0.717, 1.165) is 21.5 Å². The van der Waals surface area contributed by atoms with Crippen LogP contribution in [0.4, 0.5) is 5.95 Å². The normalized spacial score (nSPS) is 19.9. The number of hydrogen-bond donors (Lipinski definition) is 1. The fraction of sp³-hybridized carbons (Fsp3) is 0.188. The number of nitrogens with zero attached hydrogens (tertiary/aromatic N) is 4. The fourth-order valence-electron chi connectivity index (χ4n) is 2.94. The van der Waals surface area contributed by atoms with E-state index in [2.05, 4.69) is 48.9 Å². The second-order valence-corrected chi connectivity index (χ2v) is 6.85. The number of aromatic nitrogens is 4. The summed E-state index contributed by atoms with van der Waals surface area (Å²) in [6.45, 7) is 0. The lowest BCUT2D eigenvalue weighted by molar-refractivity contribution is 0.424. The van der Waals surface area contributed by atoms with Gasteiger partial charge in [0.25, 0.3) is 0 Å². The van der Waals surface area contributed by atoms with Gasteiger partial charge in [0.1, 0.15) is 0 Å². The van der Waals surface area contributed by atoms with Gasteiger partial charge in [0.05, 0.1) is 12.1 Å². The Morgan fingerprint density at radius 2 is 1.96 bits per heavy atom. The minimum Gasteiger partial charge on any atom is -0.346 e. The first kappa shape index (κ1) is 14.7. The average Bonchev–Trinajstić information content (AvgIpc) is 3.03. The molecule has 116 valence electrons. The van der Waals surface area contributed by atoms with E-state index < -0.39 is 0 Å². The molecule has 23 heavy (non-hydrogen) atoms. The van der Waals surface area contributed by atoms with Gasteiger partial charge in [-0.25, -0.2) is 4.68 Å². The number of benzene rings is 2. The van der Waals surface area contributed by atoms with Gasteiger partial charge in [-0.1, -0.05) is 56.9 Å². The highest BCUT2D eigenvalue weighted by Crippen LogP contribution is 2.37. The Labute approximate surface area is 146 Å². The molecule has 1 aliphatic heterocycles. The summed E-state index contributed by atoms with van der Waals surface area (Å²) in [4.78, 5) is 0. The van der Waals surface area contributed by atoms with E-state index in [9.17, 15) is 0 Å². The second kappa shape index (κ2) is 5.94. The van der Waals surface area contributed by atoms with Crippen molar-refractivity contribution in [3.8, 4) is 0 Å². The molecule has 0 aliphatic carbocycles. The van der Waals surface area contributed by atoms with Gasteiger partial charge in [-0.05, 0) is 52.2 Å². The quantitative estimate of drug-likeness (QED) is 0.711. The van der Waals surface area contributed by atoms with Crippen molar-refractivity contribution in [2.24, 2.45) is 0 Å². The Bertz CT molecular complexity index is 832. The van der Waals surface area contributed by atoms with Crippen LogP contribution in [0.15, 0.2) is 53.0 Å². The largest absolute Gasteiger partial charge is 0.346 e. The van der Waals surface area contributed by atoms with Crippen molar-refractivity contribution in [1.82, 2.24) is 20.2 Å². The molecule has 2 heterocycles. The summed E-state index contributed by atoms with van der Waals surface area (Å²) < 4.78 is 2.89. The minimum absolute atomic E-state index is 0.0718. The number of fused-ring (bicyclic) bond motifs is 1. The number of halogens is 2. The summed E-state index contributed by atoms with van der Waals surface area (Å²) in [5, 5.41) is 16.2. The number of anilines is 1. The zero-order chi connectivity index (χ0) is 15.8. The van der Waals surface area contributed by atoms with Crippen LogP contribution in [0, 0.1) is 0 Å². The van der Waals surface area contributed by atoms with E-state index in [0.29, 0.717) is 5.95 Å². The number of nitrogens with one attached hydrogen (secondary N) is 1. The lowest BCUT2D eigenvalue weighted by atomic mass is 9.93. The van der Waals surface area contributed by atoms with Gasteiger partial charge in [0.2, 0.25) is 5.95 Å². The van der Waals surface area contributed by atoms with Crippen molar-refractivity contribution in [2.75, 3.05) is 5.32 Å². The molecular formula is C16H13BrClN5. The number of hydrogen-bond acceptors (Lipinski definition) is 4. The molecule has 0 saturated heterocycles. The summed E-state index contributed by atoms with van der Waals surface area (Å²) >= 11 is 9.54. The summed E-state index contributed by atoms with van der Waals surface area (Å²) in [5.74, 6) is 0.682. The van der Waals surface area contributed by atoms with Crippen molar-refractivity contribution in [2.45, 2.75) is 18.5 Å². The predicted molar refractivity (Wildman–Crippen MR) is 92.5 cm³/mol. The maximum Gasteiger partial charge on any atom is 0.243 e. The van der Waals surface area contributed by atoms with Crippen LogP contribution >= 0.6 is 27.5 Å². The smallest absolute Gasteiger partial charge is 0.243 e. The third-order valence-corrected chi connectivity index (χ3v) is 4.80. The van der Waals surface area contributed by atoms with Crippen LogP contribution in [-0.2, 0) is 0 Å². The number of rotatable bonds is 2. The van der Waals surface area contributed by atoms with Crippen molar-refractivity contribution in [3.63, 3.8) is 0 Å². The van der Waals surface area contributed by atoms with E-state index in [-0.39, 0.29) is 12.1 Å². The Balaban J connectivity index is 1.73. The summed E-state index contributed by atoms with van der Waals surface area (Å²) in [6, 6.07) is 16.4. The van der Waals surface area contributed by atoms with Gasteiger partial charge in [0.15, 0.2) is 0 Å². The molecule has 0 amide bonds. The van der Waals surface area contributed by atoms with Gasteiger partial charge in [0, 0.05) is 9.50 Å². The van der Waals surface area contributed by atoms with E-state index >= 15 is 0 Å². The van der Waals surface area contributed by atoms with E-state index in [1.54, 1.807) is 0 Å². The van der Waals surface area contributed by atoms with E-state index in [1.807, 2.05) is 41.1 Å². The van der Waals surface area contributed by atoms with Crippen LogP contribution in [0.3, 0.4) is 0 Å². The molecule has 4 rings (SSSR count). The monoisotopic (exact) mass is 389 g/mol. The highest BCUT2D eigenvalue weighted by atomic mass is 79.9. The molecule has 2 aromatic carbocycles. The molecule has 7 heteroatoms. The topological polar surface area (TPSA) is 55.6 Å². The molecule has 3 aromatic rings. The molecule has 0 bridgehead atoms. The Morgan fingerprint density at radius 1 is 1.13 bits per heavy atom. The molecule has 1 aliphatic rings. The van der Waals surface area contributed by atoms with Crippen LogP contribution < -0.4 is 5.32 Å². The lowest BCUT2D eigenvalue weighted by Crippen LogP contribution is -2.28. The lowest BCUT2D eigenvalue weighted by Gasteiger charge is -2.31. The second-order valence-electron chi connectivity index (χ2n) is 5.50. The SMILES string of the molecule is Clc1ccc([C@H]2C[C@H](c3cccc(Br)c3)Nc3nnnn32)cc1. The van der Waals surface area contributed by atoms with Crippen molar-refractivity contribution < 1.29 is 0 Å². The fourth-order valence-corrected chi connectivity index (χ4v) is 3.48. The van der Waals surface area contributed by atoms with Crippen LogP contribution in [-0.4, -0.2) is 20.2 Å². The molecule has 5 nitrogen and oxygen atoms in total. The predicted octanol–water partition coefficient (Wildman–Crippen LogP) is 4.24. The molecule has 1 aromatic heterocycles. The first-order valence-corrected chi connectivity index (χ1v) is 8.43. The van der Waals surface area contributed by atoms with Crippen LogP contribution in [0.25, 0.3) is 0 Å². The summed E-state index contributed by atoms with van der Waals surface area (Å²) in [6.07, 6.45) is 0.857. The van der Waals surface area contributed by atoms with Crippen LogP contribution in [0.2, 0.25) is 5.02 Å². The van der Waals surface area contributed by atoms with Crippen molar-refractivity contribution >= 4 is 33.5 Å². The third kappa shape index (κ3) is 2.84. The van der Waals surface area contributed by atoms with Gasteiger partial charge in [-0.15, -0.1) is 0 Å². The third-order valence-electron chi connectivity index (χ3n) is 4.06. The van der Waals surface area contributed by atoms with Gasteiger partial charge < -0.3 is 5.32 Å². The first-order valence-electron chi connectivity index (χ1n) is 7.26. The van der Waals surface area contributed by atoms with Gasteiger partial charge in [-0.3, -0.25) is 0 Å². The Morgan fingerprint density at radius 3 is 2.74 bits per heavy atom. The van der Waals surface area contributed by atoms with Gasteiger partial charge in [-0.2, -0.15) is 0 Å². The maximum absolute atomic E-state index is 6.01. The molecule has 0 spiro atoms. The van der Waals surface area contributed by atoms with Gasteiger partial charge >= 0.3 is 0 Å². The van der Waals surface area contributed by atoms with E-state index in [4.69, 9.17) is 11.6 Å². The molecule has 2 atom stereocenters. The zero-order valence-electron chi connectivity index (χ0n) is 12.0. The summed E-state index contributed by atoms with van der Waals surface area (Å²) in [7, 11) is 0. The molecule has 0 fully saturated rings. The Hall–Kier alpha value is -1.92. The molecule has 0 saturated carbocycles. The molecule has 0 unspecified atom stereocenters. The summed E-state index contributed by atoms with van der Waals surface area (Å²) in [5.41, 5.74) is 2.34. The highest BCUT2D eigenvalue weighted by molar-refractivity contribution is 9.10. The zero-order valence-corrected chi connectivity index (χ0v) is 14.4. The highest BCUT2D eigenvalue weighted by Gasteiger charge is 2.30. The van der Waals surface area contributed by atoms with E-state index in [1.165, 1.54) is 5.56 Å². The Kier molecular flexibility index (Phi) is 3.79. The van der Waals surface area contributed by atoms with Crippen LogP contribution in [0.5, 0.6) is 0 Å². The standard InChI is InChI=1S/C16H13BrClN5/c17-12-3-1-2-11(8-12)14-9-15(10-4-6-13(18)7-5-10)23-16(19-14)20-21-22-23/h1-8,14-15H,9H2,(H,19,20,22)/t14-,15-/m1/s1. The van der Waals surface area contributed by atoms with Crippen molar-refractivity contribution in [1.29, 1.82) is 0 Å².